The van der Waals surface area contributed by atoms with Gasteiger partial charge in [0.05, 0.1) is 11.9 Å². The lowest BCUT2D eigenvalue weighted by Gasteiger charge is -2.35. The number of aryl methyl sites for hydroxylation is 1. The highest BCUT2D eigenvalue weighted by molar-refractivity contribution is 5.96. The quantitative estimate of drug-likeness (QED) is 0.290. The number of urea groups is 1. The van der Waals surface area contributed by atoms with E-state index >= 15 is 0 Å². The summed E-state index contributed by atoms with van der Waals surface area (Å²) in [6, 6.07) is 11.5. The summed E-state index contributed by atoms with van der Waals surface area (Å²) in [5, 5.41) is 6.14. The number of amides is 3. The van der Waals surface area contributed by atoms with Crippen molar-refractivity contribution in [2.75, 3.05) is 38.0 Å². The molecule has 220 valence electrons. The average molecular weight is 579 g/mol. The van der Waals surface area contributed by atoms with Crippen molar-refractivity contribution in [2.24, 2.45) is 5.73 Å². The van der Waals surface area contributed by atoms with Gasteiger partial charge >= 0.3 is 12.6 Å². The van der Waals surface area contributed by atoms with Crippen LogP contribution in [0.15, 0.2) is 61.1 Å². The third-order valence-electron chi connectivity index (χ3n) is 7.10. The van der Waals surface area contributed by atoms with Crippen LogP contribution < -0.4 is 21.1 Å². The molecule has 0 spiro atoms. The van der Waals surface area contributed by atoms with E-state index in [2.05, 4.69) is 25.3 Å². The number of rotatable bonds is 8. The molecule has 3 amide bonds. The molecule has 0 aliphatic carbocycles. The predicted octanol–water partition coefficient (Wildman–Crippen LogP) is 3.86. The Morgan fingerprint density at radius 1 is 1.05 bits per heavy atom. The molecular formula is C29H32F2N8O3. The number of fused-ring (bicyclic) bond motifs is 1. The normalized spacial score (nSPS) is 14.2. The molecule has 4 N–H and O–H groups in total. The minimum atomic E-state index is -2.89. The number of nitrogens with two attached hydrogens (primary N) is 1. The van der Waals surface area contributed by atoms with E-state index in [0.29, 0.717) is 49.8 Å². The molecule has 2 aromatic carbocycles. The van der Waals surface area contributed by atoms with E-state index in [9.17, 15) is 18.4 Å². The van der Waals surface area contributed by atoms with Crippen LogP contribution >= 0.6 is 0 Å². The van der Waals surface area contributed by atoms with Gasteiger partial charge in [-0.25, -0.2) is 14.8 Å². The minimum absolute atomic E-state index is 0.0755. The van der Waals surface area contributed by atoms with Gasteiger partial charge in [-0.2, -0.15) is 8.78 Å². The number of imidazole rings is 1. The van der Waals surface area contributed by atoms with Crippen LogP contribution in [0.5, 0.6) is 5.75 Å². The Balaban J connectivity index is 1.26. The lowest BCUT2D eigenvalue weighted by Crippen LogP contribution is -2.55. The maximum Gasteiger partial charge on any atom is 0.387 e. The maximum absolute atomic E-state index is 13.3. The second-order valence-corrected chi connectivity index (χ2v) is 10.0. The highest BCUT2D eigenvalue weighted by Crippen LogP contribution is 2.28. The Morgan fingerprint density at radius 2 is 1.76 bits per heavy atom. The first-order valence-corrected chi connectivity index (χ1v) is 13.5. The van der Waals surface area contributed by atoms with Crippen LogP contribution in [0.3, 0.4) is 0 Å². The molecule has 13 heteroatoms. The summed E-state index contributed by atoms with van der Waals surface area (Å²) < 4.78 is 31.3. The van der Waals surface area contributed by atoms with Gasteiger partial charge in [0.1, 0.15) is 5.75 Å². The fourth-order valence-electron chi connectivity index (χ4n) is 4.79. The molecule has 1 atom stereocenters. The third kappa shape index (κ3) is 6.25. The average Bonchev–Trinajstić information content (AvgIpc) is 3.42. The molecule has 1 saturated heterocycles. The molecule has 1 aliphatic rings. The van der Waals surface area contributed by atoms with Crippen LogP contribution in [-0.2, 0) is 0 Å². The second kappa shape index (κ2) is 12.4. The molecule has 3 heterocycles. The van der Waals surface area contributed by atoms with Gasteiger partial charge < -0.3 is 30.9 Å². The lowest BCUT2D eigenvalue weighted by molar-refractivity contribution is -0.0498. The summed E-state index contributed by atoms with van der Waals surface area (Å²) in [7, 11) is 0. The summed E-state index contributed by atoms with van der Waals surface area (Å²) in [6.45, 7) is 2.98. The van der Waals surface area contributed by atoms with Crippen LogP contribution in [0.25, 0.3) is 16.9 Å². The molecule has 42 heavy (non-hydrogen) atoms. The molecular weight excluding hydrogens is 546 g/mol. The summed E-state index contributed by atoms with van der Waals surface area (Å²) in [4.78, 5) is 38.1. The largest absolute Gasteiger partial charge is 0.435 e. The van der Waals surface area contributed by atoms with E-state index in [4.69, 9.17) is 5.73 Å². The van der Waals surface area contributed by atoms with Gasteiger partial charge in [0.2, 0.25) is 0 Å². The summed E-state index contributed by atoms with van der Waals surface area (Å²) in [5.41, 5.74) is 9.80. The molecule has 0 bridgehead atoms. The van der Waals surface area contributed by atoms with Crippen LogP contribution in [0.1, 0.15) is 22.8 Å². The van der Waals surface area contributed by atoms with Gasteiger partial charge in [-0.05, 0) is 61.9 Å². The molecule has 0 unspecified atom stereocenters. The first-order chi connectivity index (χ1) is 20.2. The first-order valence-electron chi connectivity index (χ1n) is 13.5. The smallest absolute Gasteiger partial charge is 0.387 e. The number of nitrogens with one attached hydrogen (secondary N) is 2. The van der Waals surface area contributed by atoms with E-state index in [1.165, 1.54) is 12.1 Å². The highest BCUT2D eigenvalue weighted by atomic mass is 19.3. The van der Waals surface area contributed by atoms with Gasteiger partial charge in [0.15, 0.2) is 11.5 Å². The maximum atomic E-state index is 13.3. The van der Waals surface area contributed by atoms with Gasteiger partial charge in [0, 0.05) is 68.0 Å². The van der Waals surface area contributed by atoms with E-state index in [1.54, 1.807) is 46.6 Å². The summed E-state index contributed by atoms with van der Waals surface area (Å²) >= 11 is 0. The summed E-state index contributed by atoms with van der Waals surface area (Å²) in [5.74, 6) is 0.502. The van der Waals surface area contributed by atoms with Crippen LogP contribution in [0, 0.1) is 6.92 Å². The van der Waals surface area contributed by atoms with E-state index < -0.39 is 6.61 Å². The van der Waals surface area contributed by atoms with E-state index in [0.717, 1.165) is 22.5 Å². The van der Waals surface area contributed by atoms with Crippen molar-refractivity contribution in [3.05, 3.63) is 72.2 Å². The zero-order valence-electron chi connectivity index (χ0n) is 23.3. The Morgan fingerprint density at radius 3 is 2.43 bits per heavy atom. The standard InChI is InChI=1S/C29H32F2N8O3/c1-18-15-21(5-8-23(18)27(40)37-11-13-38(14-12-37)29(41)35-19(2)16-32)36-25-26-34-17-24(39(26)10-9-33-25)20-3-6-22(7-4-20)42-28(30)31/h3-10,15,17,19,28H,11-14,16,32H2,1-2H3,(H,33,36)(H,35,41)/t19-/m0/s1. The number of halogens is 2. The number of anilines is 2. The first kappa shape index (κ1) is 28.7. The van der Waals surface area contributed by atoms with Crippen LogP contribution in [-0.4, -0.2) is 81.5 Å². The molecule has 0 radical (unpaired) electrons. The zero-order chi connectivity index (χ0) is 29.8. The fourth-order valence-corrected chi connectivity index (χ4v) is 4.79. The lowest BCUT2D eigenvalue weighted by atomic mass is 10.1. The van der Waals surface area contributed by atoms with Crippen molar-refractivity contribution in [3.8, 4) is 17.0 Å². The molecule has 4 aromatic rings. The Bertz CT molecular complexity index is 1570. The number of aromatic nitrogens is 3. The zero-order valence-corrected chi connectivity index (χ0v) is 23.3. The second-order valence-electron chi connectivity index (χ2n) is 10.0. The van der Waals surface area contributed by atoms with Gasteiger partial charge in [-0.3, -0.25) is 9.20 Å². The number of alkyl halides is 2. The van der Waals surface area contributed by atoms with Crippen molar-refractivity contribution < 1.29 is 23.1 Å². The Hall–Kier alpha value is -4.78. The van der Waals surface area contributed by atoms with Gasteiger partial charge in [-0.1, -0.05) is 0 Å². The summed E-state index contributed by atoms with van der Waals surface area (Å²) in [6.07, 6.45) is 5.08. The molecule has 1 aliphatic heterocycles. The molecule has 1 fully saturated rings. The number of hydrogen-bond donors (Lipinski definition) is 3. The van der Waals surface area contributed by atoms with E-state index in [1.807, 2.05) is 30.4 Å². The monoisotopic (exact) mass is 578 g/mol. The molecule has 11 nitrogen and oxygen atoms in total. The van der Waals surface area contributed by atoms with Gasteiger partial charge in [0.25, 0.3) is 5.91 Å². The number of carbonyl (C=O) groups excluding carboxylic acids is 2. The SMILES string of the molecule is Cc1cc(Nc2nccn3c(-c4ccc(OC(F)F)cc4)cnc23)ccc1C(=O)N1CCN(C(=O)N[C@@H](C)CN)CC1. The van der Waals surface area contributed by atoms with Crippen molar-refractivity contribution in [1.29, 1.82) is 0 Å². The number of piperazine rings is 1. The molecule has 5 rings (SSSR count). The van der Waals surface area contributed by atoms with Crippen molar-refractivity contribution in [1.82, 2.24) is 29.5 Å². The van der Waals surface area contributed by atoms with Gasteiger partial charge in [-0.15, -0.1) is 0 Å². The Kier molecular flexibility index (Phi) is 8.48. The molecule has 2 aromatic heterocycles. The number of benzene rings is 2. The Labute approximate surface area is 241 Å². The van der Waals surface area contributed by atoms with Crippen LogP contribution in [0.2, 0.25) is 0 Å². The topological polar surface area (TPSA) is 130 Å². The number of carbonyl (C=O) groups is 2. The van der Waals surface area contributed by atoms with Crippen molar-refractivity contribution >= 4 is 29.1 Å². The van der Waals surface area contributed by atoms with Crippen LogP contribution in [0.4, 0.5) is 25.1 Å². The minimum Gasteiger partial charge on any atom is -0.435 e. The fraction of sp³-hybridized carbons (Fsp3) is 0.310. The molecule has 0 saturated carbocycles. The van der Waals surface area contributed by atoms with Crippen molar-refractivity contribution in [2.45, 2.75) is 26.5 Å². The number of nitrogens with zero attached hydrogens (tertiary/aromatic N) is 5. The predicted molar refractivity (Wildman–Crippen MR) is 154 cm³/mol. The third-order valence-corrected chi connectivity index (χ3v) is 7.10. The van der Waals surface area contributed by atoms with Crippen molar-refractivity contribution in [3.63, 3.8) is 0 Å². The highest BCUT2D eigenvalue weighted by Gasteiger charge is 2.26. The number of hydrogen-bond acceptors (Lipinski definition) is 7. The number of ether oxygens (including phenoxy) is 1. The van der Waals surface area contributed by atoms with E-state index in [-0.39, 0.29) is 23.7 Å².